The van der Waals surface area contributed by atoms with Crippen molar-refractivity contribution in [3.05, 3.63) is 62.6 Å². The Bertz CT molecular complexity index is 930. The molecule has 0 atom stereocenters. The van der Waals surface area contributed by atoms with Gasteiger partial charge in [0.2, 0.25) is 10.0 Å². The molecule has 6 nitrogen and oxygen atoms in total. The average Bonchev–Trinajstić information content (AvgIpc) is 2.50. The van der Waals surface area contributed by atoms with E-state index >= 15 is 0 Å². The predicted octanol–water partition coefficient (Wildman–Crippen LogP) is 3.06. The van der Waals surface area contributed by atoms with Gasteiger partial charge in [-0.25, -0.2) is 19.0 Å². The maximum absolute atomic E-state index is 12.0. The van der Waals surface area contributed by atoms with Crippen LogP contribution >= 0.6 is 34.8 Å². The number of benzene rings is 2. The first-order valence-corrected chi connectivity index (χ1v) is 8.98. The van der Waals surface area contributed by atoms with Gasteiger partial charge in [0.15, 0.2) is 0 Å². The van der Waals surface area contributed by atoms with Gasteiger partial charge >= 0.3 is 0 Å². The molecule has 0 heterocycles. The maximum Gasteiger partial charge on any atom is 0.271 e. The summed E-state index contributed by atoms with van der Waals surface area (Å²) in [5.74, 6) is -0.647. The van der Waals surface area contributed by atoms with Gasteiger partial charge < -0.3 is 0 Å². The SMILES string of the molecule is NS(=O)(=O)c1cc(C(=O)N/N=C\c2cccc(Cl)c2Cl)ccc1Cl. The van der Waals surface area contributed by atoms with E-state index in [-0.39, 0.29) is 15.5 Å². The average molecular weight is 407 g/mol. The van der Waals surface area contributed by atoms with Crippen LogP contribution in [0.4, 0.5) is 0 Å². The highest BCUT2D eigenvalue weighted by Gasteiger charge is 2.16. The monoisotopic (exact) mass is 405 g/mol. The van der Waals surface area contributed by atoms with Crippen LogP contribution in [0.1, 0.15) is 15.9 Å². The number of sulfonamides is 1. The number of halogens is 3. The molecule has 0 radical (unpaired) electrons. The van der Waals surface area contributed by atoms with Crippen LogP contribution in [0.2, 0.25) is 15.1 Å². The van der Waals surface area contributed by atoms with Crippen molar-refractivity contribution in [1.29, 1.82) is 0 Å². The number of hydrogen-bond donors (Lipinski definition) is 2. The fourth-order valence-corrected chi connectivity index (χ4v) is 3.14. The van der Waals surface area contributed by atoms with E-state index in [2.05, 4.69) is 10.5 Å². The predicted molar refractivity (Wildman–Crippen MR) is 94.3 cm³/mol. The molecule has 3 N–H and O–H groups in total. The van der Waals surface area contributed by atoms with Crippen LogP contribution in [0.3, 0.4) is 0 Å². The molecule has 1 amide bonds. The first kappa shape index (κ1) is 18.7. The molecular formula is C14H10Cl3N3O3S. The molecule has 10 heteroatoms. The number of nitrogens with zero attached hydrogens (tertiary/aromatic N) is 1. The number of hydrogen-bond acceptors (Lipinski definition) is 4. The van der Waals surface area contributed by atoms with E-state index in [1.165, 1.54) is 18.3 Å². The van der Waals surface area contributed by atoms with Crippen LogP contribution < -0.4 is 10.6 Å². The van der Waals surface area contributed by atoms with E-state index in [4.69, 9.17) is 39.9 Å². The topological polar surface area (TPSA) is 102 Å². The summed E-state index contributed by atoms with van der Waals surface area (Å²) in [4.78, 5) is 11.7. The maximum atomic E-state index is 12.0. The highest BCUT2D eigenvalue weighted by Crippen LogP contribution is 2.24. The molecular weight excluding hydrogens is 397 g/mol. The largest absolute Gasteiger partial charge is 0.271 e. The zero-order valence-corrected chi connectivity index (χ0v) is 14.9. The summed E-state index contributed by atoms with van der Waals surface area (Å²) >= 11 is 17.6. The van der Waals surface area contributed by atoms with Gasteiger partial charge in [0, 0.05) is 11.1 Å². The lowest BCUT2D eigenvalue weighted by Crippen LogP contribution is -2.19. The molecule has 0 aliphatic carbocycles. The fraction of sp³-hybridized carbons (Fsp3) is 0. The van der Waals surface area contributed by atoms with Crippen LogP contribution in [0, 0.1) is 0 Å². The lowest BCUT2D eigenvalue weighted by molar-refractivity contribution is 0.0955. The van der Waals surface area contributed by atoms with E-state index < -0.39 is 15.9 Å². The quantitative estimate of drug-likeness (QED) is 0.602. The van der Waals surface area contributed by atoms with Gasteiger partial charge in [0.05, 0.1) is 21.3 Å². The van der Waals surface area contributed by atoms with E-state index in [1.54, 1.807) is 18.2 Å². The van der Waals surface area contributed by atoms with Gasteiger partial charge in [-0.15, -0.1) is 0 Å². The second-order valence-corrected chi connectivity index (χ2v) is 7.25. The summed E-state index contributed by atoms with van der Waals surface area (Å²) in [6.45, 7) is 0. The third kappa shape index (κ3) is 4.46. The Hall–Kier alpha value is -1.64. The Kier molecular flexibility index (Phi) is 5.84. The van der Waals surface area contributed by atoms with E-state index in [9.17, 15) is 13.2 Å². The van der Waals surface area contributed by atoms with Crippen LogP contribution in [0.5, 0.6) is 0 Å². The Labute approximate surface area is 153 Å². The first-order valence-electron chi connectivity index (χ1n) is 6.30. The normalized spacial score (nSPS) is 11.7. The minimum atomic E-state index is -4.05. The smallest absolute Gasteiger partial charge is 0.267 e. The number of amides is 1. The Morgan fingerprint density at radius 3 is 2.50 bits per heavy atom. The lowest BCUT2D eigenvalue weighted by Gasteiger charge is -2.05. The zero-order chi connectivity index (χ0) is 17.9. The van der Waals surface area contributed by atoms with Gasteiger partial charge in [-0.1, -0.05) is 46.9 Å². The van der Waals surface area contributed by atoms with Crippen LogP contribution in [0.15, 0.2) is 46.4 Å². The molecule has 0 spiro atoms. The molecule has 0 unspecified atom stereocenters. The summed E-state index contributed by atoms with van der Waals surface area (Å²) in [5.41, 5.74) is 2.77. The van der Waals surface area contributed by atoms with Crippen molar-refractivity contribution in [2.45, 2.75) is 4.90 Å². The van der Waals surface area contributed by atoms with Gasteiger partial charge in [-0.2, -0.15) is 5.10 Å². The summed E-state index contributed by atoms with van der Waals surface area (Å²) in [6, 6.07) is 8.61. The molecule has 0 aromatic heterocycles. The van der Waals surface area contributed by atoms with Crippen LogP contribution in [-0.4, -0.2) is 20.5 Å². The summed E-state index contributed by atoms with van der Waals surface area (Å²) in [6.07, 6.45) is 1.31. The molecule has 2 aromatic rings. The number of hydrazone groups is 1. The molecule has 0 fully saturated rings. The number of nitrogens with one attached hydrogen (secondary N) is 1. The van der Waals surface area contributed by atoms with Gasteiger partial charge in [0.25, 0.3) is 5.91 Å². The van der Waals surface area contributed by atoms with E-state index in [0.717, 1.165) is 6.07 Å². The number of primary sulfonamides is 1. The first-order chi connectivity index (χ1) is 11.2. The minimum Gasteiger partial charge on any atom is -0.267 e. The number of carbonyl (C=O) groups is 1. The summed E-state index contributed by atoms with van der Waals surface area (Å²) in [5, 5.41) is 9.35. The van der Waals surface area contributed by atoms with Gasteiger partial charge in [-0.05, 0) is 24.3 Å². The third-order valence-corrected chi connectivity index (χ3v) is 5.08. The lowest BCUT2D eigenvalue weighted by atomic mass is 10.2. The van der Waals surface area contributed by atoms with Crippen molar-refractivity contribution in [3.63, 3.8) is 0 Å². The summed E-state index contributed by atoms with van der Waals surface area (Å²) in [7, 11) is -4.05. The Balaban J connectivity index is 2.19. The molecule has 126 valence electrons. The van der Waals surface area contributed by atoms with E-state index in [0.29, 0.717) is 15.6 Å². The van der Waals surface area contributed by atoms with Crippen molar-refractivity contribution in [3.8, 4) is 0 Å². The van der Waals surface area contributed by atoms with Gasteiger partial charge in [-0.3, -0.25) is 4.79 Å². The standard InChI is InChI=1S/C14H10Cl3N3O3S/c15-10-5-4-8(6-12(10)24(18,22)23)14(21)20-19-7-9-2-1-3-11(16)13(9)17/h1-7H,(H,20,21)(H2,18,22,23)/b19-7-. The highest BCUT2D eigenvalue weighted by atomic mass is 35.5. The fourth-order valence-electron chi connectivity index (χ4n) is 1.71. The second-order valence-electron chi connectivity index (χ2n) is 4.53. The molecule has 0 saturated heterocycles. The molecule has 2 aromatic carbocycles. The highest BCUT2D eigenvalue weighted by molar-refractivity contribution is 7.89. The number of nitrogens with two attached hydrogens (primary N) is 1. The summed E-state index contributed by atoms with van der Waals surface area (Å²) < 4.78 is 22.8. The minimum absolute atomic E-state index is 0.0257. The molecule has 2 rings (SSSR count). The number of carbonyl (C=O) groups excluding carboxylic acids is 1. The van der Waals surface area contributed by atoms with Crippen molar-refractivity contribution in [2.75, 3.05) is 0 Å². The molecule has 0 bridgehead atoms. The molecule has 0 saturated carbocycles. The second kappa shape index (κ2) is 7.50. The van der Waals surface area contributed by atoms with Crippen molar-refractivity contribution in [2.24, 2.45) is 10.2 Å². The van der Waals surface area contributed by atoms with Crippen molar-refractivity contribution < 1.29 is 13.2 Å². The van der Waals surface area contributed by atoms with Crippen molar-refractivity contribution >= 4 is 56.9 Å². The third-order valence-electron chi connectivity index (χ3n) is 2.85. The molecule has 0 aliphatic rings. The molecule has 0 aliphatic heterocycles. The van der Waals surface area contributed by atoms with Crippen molar-refractivity contribution in [1.82, 2.24) is 5.43 Å². The van der Waals surface area contributed by atoms with E-state index in [1.807, 2.05) is 0 Å². The number of rotatable bonds is 4. The Morgan fingerprint density at radius 2 is 1.83 bits per heavy atom. The zero-order valence-electron chi connectivity index (χ0n) is 11.8. The molecule has 24 heavy (non-hydrogen) atoms. The van der Waals surface area contributed by atoms with Gasteiger partial charge in [0.1, 0.15) is 4.90 Å². The Morgan fingerprint density at radius 1 is 1.12 bits per heavy atom. The van der Waals surface area contributed by atoms with Crippen LogP contribution in [0.25, 0.3) is 0 Å². The van der Waals surface area contributed by atoms with Crippen LogP contribution in [-0.2, 0) is 10.0 Å².